The lowest BCUT2D eigenvalue weighted by Crippen LogP contribution is -2.33. The second-order valence-corrected chi connectivity index (χ2v) is 6.39. The maximum atomic E-state index is 12.9. The Hall–Kier alpha value is -1.83. The van der Waals surface area contributed by atoms with E-state index in [1.807, 2.05) is 13.0 Å². The average molecular weight is 365 g/mol. The Balaban J connectivity index is 2.32. The molecule has 25 heavy (non-hydrogen) atoms. The number of para-hydroxylation sites is 1. The van der Waals surface area contributed by atoms with Crippen LogP contribution < -0.4 is 4.74 Å². The van der Waals surface area contributed by atoms with E-state index in [0.29, 0.717) is 53.7 Å². The Labute approximate surface area is 151 Å². The number of amides is 2. The van der Waals surface area contributed by atoms with Gasteiger partial charge in [0.2, 0.25) is 0 Å². The molecular formula is C18H23NO5S. The molecule has 0 spiro atoms. The number of carbonyl (C=O) groups excluding carboxylic acids is 2. The molecule has 0 fully saturated rings. The molecule has 6 nitrogen and oxygen atoms in total. The van der Waals surface area contributed by atoms with Gasteiger partial charge in [-0.1, -0.05) is 18.2 Å². The molecular weight excluding hydrogens is 342 g/mol. The third-order valence-corrected chi connectivity index (χ3v) is 4.77. The molecule has 2 rings (SSSR count). The molecule has 0 saturated carbocycles. The van der Waals surface area contributed by atoms with Gasteiger partial charge >= 0.3 is 0 Å². The minimum Gasteiger partial charge on any atom is -0.496 e. The fourth-order valence-corrected chi connectivity index (χ4v) is 3.47. The van der Waals surface area contributed by atoms with E-state index in [1.165, 1.54) is 23.8 Å². The number of nitrogens with zero attached hydrogens (tertiary/aromatic N) is 1. The highest BCUT2D eigenvalue weighted by atomic mass is 32.2. The van der Waals surface area contributed by atoms with Gasteiger partial charge in [-0.25, -0.2) is 0 Å². The van der Waals surface area contributed by atoms with Crippen LogP contribution in [0.5, 0.6) is 5.75 Å². The summed E-state index contributed by atoms with van der Waals surface area (Å²) in [4.78, 5) is 27.2. The average Bonchev–Trinajstić information content (AvgIpc) is 2.87. The van der Waals surface area contributed by atoms with Crippen LogP contribution in [-0.4, -0.2) is 61.0 Å². The molecule has 1 heterocycles. The first kappa shape index (κ1) is 19.5. The molecule has 0 bridgehead atoms. The summed E-state index contributed by atoms with van der Waals surface area (Å²) in [6, 6.07) is 7.13. The predicted molar refractivity (Wildman–Crippen MR) is 97.3 cm³/mol. The molecule has 0 radical (unpaired) electrons. The zero-order valence-electron chi connectivity index (χ0n) is 14.5. The summed E-state index contributed by atoms with van der Waals surface area (Å²) in [5.74, 6) is 0.240. The second-order valence-electron chi connectivity index (χ2n) is 5.29. The number of imide groups is 1. The van der Waals surface area contributed by atoms with Gasteiger partial charge in [0.15, 0.2) is 0 Å². The SMILES string of the molecule is CCOCCCN1C(=O)C(SCCO)=C(c2ccccc2OC)C1=O. The Morgan fingerprint density at radius 2 is 1.96 bits per heavy atom. The van der Waals surface area contributed by atoms with Crippen molar-refractivity contribution in [3.8, 4) is 5.75 Å². The number of hydrogen-bond acceptors (Lipinski definition) is 6. The lowest BCUT2D eigenvalue weighted by atomic mass is 10.1. The van der Waals surface area contributed by atoms with Crippen molar-refractivity contribution >= 4 is 29.1 Å². The smallest absolute Gasteiger partial charge is 0.267 e. The van der Waals surface area contributed by atoms with Crippen LogP contribution in [0.3, 0.4) is 0 Å². The van der Waals surface area contributed by atoms with Crippen molar-refractivity contribution in [1.29, 1.82) is 0 Å². The molecule has 7 heteroatoms. The number of thioether (sulfide) groups is 1. The lowest BCUT2D eigenvalue weighted by Gasteiger charge is -2.15. The number of rotatable bonds is 10. The van der Waals surface area contributed by atoms with Crippen LogP contribution in [0.25, 0.3) is 5.57 Å². The van der Waals surface area contributed by atoms with E-state index >= 15 is 0 Å². The Kier molecular flexibility index (Phi) is 7.49. The number of aliphatic hydroxyl groups excluding tert-OH is 1. The van der Waals surface area contributed by atoms with E-state index in [4.69, 9.17) is 14.6 Å². The highest BCUT2D eigenvalue weighted by Crippen LogP contribution is 2.39. The van der Waals surface area contributed by atoms with Crippen LogP contribution in [0, 0.1) is 0 Å². The Bertz CT molecular complexity index is 659. The number of benzene rings is 1. The molecule has 1 aromatic rings. The number of carbonyl (C=O) groups is 2. The second kappa shape index (κ2) is 9.60. The van der Waals surface area contributed by atoms with E-state index in [-0.39, 0.29) is 18.4 Å². The zero-order valence-corrected chi connectivity index (χ0v) is 15.3. The third kappa shape index (κ3) is 4.42. The lowest BCUT2D eigenvalue weighted by molar-refractivity contribution is -0.136. The third-order valence-electron chi connectivity index (χ3n) is 3.71. The van der Waals surface area contributed by atoms with Gasteiger partial charge in [0.25, 0.3) is 11.8 Å². The summed E-state index contributed by atoms with van der Waals surface area (Å²) in [7, 11) is 1.53. The molecule has 0 aromatic heterocycles. The highest BCUT2D eigenvalue weighted by Gasteiger charge is 2.39. The van der Waals surface area contributed by atoms with Crippen molar-refractivity contribution in [1.82, 2.24) is 4.90 Å². The van der Waals surface area contributed by atoms with Crippen molar-refractivity contribution in [2.45, 2.75) is 13.3 Å². The van der Waals surface area contributed by atoms with E-state index < -0.39 is 0 Å². The van der Waals surface area contributed by atoms with Crippen LogP contribution in [-0.2, 0) is 14.3 Å². The summed E-state index contributed by atoms with van der Waals surface area (Å²) in [5.41, 5.74) is 0.938. The first-order chi connectivity index (χ1) is 12.2. The van der Waals surface area contributed by atoms with Crippen LogP contribution in [0.1, 0.15) is 18.9 Å². The van der Waals surface area contributed by atoms with Gasteiger partial charge in [-0.3, -0.25) is 14.5 Å². The van der Waals surface area contributed by atoms with Crippen LogP contribution in [0.15, 0.2) is 29.2 Å². The van der Waals surface area contributed by atoms with Crippen molar-refractivity contribution in [3.05, 3.63) is 34.7 Å². The number of ether oxygens (including phenoxy) is 2. The maximum Gasteiger partial charge on any atom is 0.267 e. The number of aliphatic hydroxyl groups is 1. The fraction of sp³-hybridized carbons (Fsp3) is 0.444. The van der Waals surface area contributed by atoms with Gasteiger partial charge in [0.05, 0.1) is 24.2 Å². The minimum atomic E-state index is -0.327. The molecule has 2 amide bonds. The van der Waals surface area contributed by atoms with Gasteiger partial charge in [-0.2, -0.15) is 0 Å². The Morgan fingerprint density at radius 3 is 2.64 bits per heavy atom. The molecule has 0 atom stereocenters. The normalized spacial score (nSPS) is 14.6. The van der Waals surface area contributed by atoms with Crippen molar-refractivity contribution in [3.63, 3.8) is 0 Å². The van der Waals surface area contributed by atoms with Gasteiger partial charge in [-0.05, 0) is 19.4 Å². The largest absolute Gasteiger partial charge is 0.496 e. The predicted octanol–water partition coefficient (Wildman–Crippen LogP) is 1.93. The number of hydrogen-bond donors (Lipinski definition) is 1. The molecule has 1 N–H and O–H groups in total. The molecule has 1 aliphatic rings. The van der Waals surface area contributed by atoms with E-state index in [2.05, 4.69) is 0 Å². The van der Waals surface area contributed by atoms with Gasteiger partial charge in [-0.15, -0.1) is 11.8 Å². The van der Waals surface area contributed by atoms with Crippen LogP contribution in [0.2, 0.25) is 0 Å². The summed E-state index contributed by atoms with van der Waals surface area (Å²) in [6.45, 7) is 3.23. The first-order valence-corrected chi connectivity index (χ1v) is 9.19. The molecule has 0 unspecified atom stereocenters. The van der Waals surface area contributed by atoms with Gasteiger partial charge < -0.3 is 14.6 Å². The summed E-state index contributed by atoms with van der Waals surface area (Å²) < 4.78 is 10.6. The first-order valence-electron chi connectivity index (χ1n) is 8.20. The summed E-state index contributed by atoms with van der Waals surface area (Å²) in [5, 5.41) is 9.11. The van der Waals surface area contributed by atoms with E-state index in [1.54, 1.807) is 18.2 Å². The van der Waals surface area contributed by atoms with Gasteiger partial charge in [0, 0.05) is 31.1 Å². The van der Waals surface area contributed by atoms with E-state index in [9.17, 15) is 9.59 Å². The highest BCUT2D eigenvalue weighted by molar-refractivity contribution is 8.04. The fourth-order valence-electron chi connectivity index (χ4n) is 2.60. The Morgan fingerprint density at radius 1 is 1.20 bits per heavy atom. The monoisotopic (exact) mass is 365 g/mol. The van der Waals surface area contributed by atoms with Crippen molar-refractivity contribution < 1.29 is 24.2 Å². The van der Waals surface area contributed by atoms with Crippen LogP contribution in [0.4, 0.5) is 0 Å². The topological polar surface area (TPSA) is 76.1 Å². The zero-order chi connectivity index (χ0) is 18.2. The number of methoxy groups -OCH3 is 1. The minimum absolute atomic E-state index is 0.0703. The molecule has 0 aliphatic carbocycles. The summed E-state index contributed by atoms with van der Waals surface area (Å²) >= 11 is 1.20. The van der Waals surface area contributed by atoms with Crippen molar-refractivity contribution in [2.24, 2.45) is 0 Å². The summed E-state index contributed by atoms with van der Waals surface area (Å²) in [6.07, 6.45) is 0.586. The molecule has 1 aromatic carbocycles. The van der Waals surface area contributed by atoms with Crippen molar-refractivity contribution in [2.75, 3.05) is 39.2 Å². The molecule has 1 aliphatic heterocycles. The molecule has 136 valence electrons. The standard InChI is InChI=1S/C18H23NO5S/c1-3-24-11-6-9-19-17(21)15(16(18(19)22)25-12-10-20)13-7-4-5-8-14(13)23-2/h4-5,7-8,20H,3,6,9-12H2,1-2H3. The van der Waals surface area contributed by atoms with Gasteiger partial charge in [0.1, 0.15) is 5.75 Å². The van der Waals surface area contributed by atoms with Crippen LogP contribution >= 0.6 is 11.8 Å². The quantitative estimate of drug-likeness (QED) is 0.504. The molecule has 0 saturated heterocycles. The van der Waals surface area contributed by atoms with E-state index in [0.717, 1.165) is 0 Å². The maximum absolute atomic E-state index is 12.9.